The van der Waals surface area contributed by atoms with Crippen molar-refractivity contribution in [3.8, 4) is 0 Å². The van der Waals surface area contributed by atoms with Crippen molar-refractivity contribution in [2.75, 3.05) is 0 Å². The van der Waals surface area contributed by atoms with E-state index in [2.05, 4.69) is 156 Å². The zero-order valence-corrected chi connectivity index (χ0v) is 48.7. The Labute approximate surface area is 455 Å². The molecule has 0 radical (unpaired) electrons. The van der Waals surface area contributed by atoms with Gasteiger partial charge in [0.15, 0.2) is 58.6 Å². The molecule has 0 aliphatic carbocycles. The fourth-order valence-corrected chi connectivity index (χ4v) is 23.9. The second-order valence-corrected chi connectivity index (χ2v) is 32.1. The van der Waals surface area contributed by atoms with Gasteiger partial charge >= 0.3 is 17.1 Å². The first-order valence-electron chi connectivity index (χ1n) is 24.2. The summed E-state index contributed by atoms with van der Waals surface area (Å²) in [6.07, 6.45) is -5.87. The molecule has 0 aliphatic rings. The van der Waals surface area contributed by atoms with Gasteiger partial charge in [-0.25, -0.2) is 74.7 Å². The van der Waals surface area contributed by atoms with Crippen LogP contribution in [0.3, 0.4) is 0 Å². The Kier molecular flexibility index (Phi) is 22.8. The quantitative estimate of drug-likeness (QED) is 0.0148. The van der Waals surface area contributed by atoms with Gasteiger partial charge in [0.25, 0.3) is 0 Å². The molecule has 2 nitrogen and oxygen atoms in total. The van der Waals surface area contributed by atoms with Crippen LogP contribution in [-0.4, -0.2) is 49.0 Å². The van der Waals surface area contributed by atoms with Gasteiger partial charge in [0.1, 0.15) is 34.9 Å². The maximum atomic E-state index is 14.7. The maximum Gasteiger partial charge on any atom is 2.00 e. The van der Waals surface area contributed by atoms with Crippen molar-refractivity contribution >= 4 is 86.7 Å². The second-order valence-electron chi connectivity index (χ2n) is 19.7. The molecule has 6 aromatic rings. The summed E-state index contributed by atoms with van der Waals surface area (Å²) < 4.78 is 213. The normalized spacial score (nSPS) is 12.1. The molecule has 0 spiro atoms. The number of nitrogens with one attached hydrogen (secondary N) is 1. The third-order valence-corrected chi connectivity index (χ3v) is 26.0. The fourth-order valence-electron chi connectivity index (χ4n) is 10.3. The second kappa shape index (κ2) is 26.7. The molecule has 0 saturated heterocycles. The van der Waals surface area contributed by atoms with Gasteiger partial charge in [-0.3, -0.25) is 0 Å². The Bertz CT molecular complexity index is 2670. The number of rotatable bonds is 16. The summed E-state index contributed by atoms with van der Waals surface area (Å²) in [7, 11) is -2.06. The number of hydrogen-bond donors (Lipinski definition) is 2. The van der Waals surface area contributed by atoms with Crippen LogP contribution >= 0.6 is 23.8 Å². The first kappa shape index (κ1) is 65.8. The molecule has 0 bridgehead atoms. The van der Waals surface area contributed by atoms with Gasteiger partial charge in [0, 0.05) is 0 Å². The topological polar surface area (TPSA) is 38.0 Å². The molecule has 0 heterocycles. The number of nitrogens with two attached hydrogens (primary N) is 1. The van der Waals surface area contributed by atoms with E-state index < -0.39 is 119 Å². The van der Waals surface area contributed by atoms with Gasteiger partial charge in [0.2, 0.25) is 0 Å². The van der Waals surface area contributed by atoms with Crippen LogP contribution in [0.15, 0.2) is 72.8 Å². The van der Waals surface area contributed by atoms with Crippen molar-refractivity contribution in [2.24, 2.45) is 5.84 Å². The minimum absolute atomic E-state index is 0. The summed E-state index contributed by atoms with van der Waals surface area (Å²) in [5, 5.41) is 10.7. The SMILES string of the molecule is CC(C)P(c1ccccc1[Si-](c1ccccc1P(C(C)C)C(C)C)c1ccccc1P(C(C)C)C(C)C)C(C)C.NN[B-](c1c(F)c(F)c(F)c(F)c1F)(c1c(F)c(F)c(F)c(F)c1F)c1c(F)c(F)c(F)c(F)c1F.[Fe+2]. The van der Waals surface area contributed by atoms with Crippen molar-refractivity contribution in [2.45, 2.75) is 117 Å². The van der Waals surface area contributed by atoms with Gasteiger partial charge in [0.05, 0.1) is 0 Å². The van der Waals surface area contributed by atoms with Crippen molar-refractivity contribution < 1.29 is 82.9 Å². The van der Waals surface area contributed by atoms with E-state index in [-0.39, 0.29) is 40.8 Å². The molecule has 77 heavy (non-hydrogen) atoms. The van der Waals surface area contributed by atoms with Crippen LogP contribution in [-0.2, 0) is 17.1 Å². The molecule has 0 amide bonds. The third kappa shape index (κ3) is 12.3. The predicted octanol–water partition coefficient (Wildman–Crippen LogP) is 11.2. The van der Waals surface area contributed by atoms with Crippen LogP contribution in [0.4, 0.5) is 65.9 Å². The number of halogens is 15. The molecular formula is C54H57BF15FeN2P3Si. The largest absolute Gasteiger partial charge is 2.00 e. The summed E-state index contributed by atoms with van der Waals surface area (Å²) in [4.78, 5) is 0. The standard InChI is InChI=1S/C36H54P3Si.C18H3BF15N2.Fe/c1-25(2)37(26(3)4)31-19-13-16-22-34(31)40(35-23-17-14-20-32(35)38(27(5)6)28(7)8)36-24-18-15-21-33(36)39(29(9)10)30(11)12;20-4-1(5(21)11(27)16(32)10(4)26)19(36-35,2-6(22)12(28)17(33)13(29)7(2)23)3-8(24)14(30)18(34)15(31)9(3)25;/h13-30H,1-12H3;36H,35H2;/q2*-1;+2. The van der Waals surface area contributed by atoms with E-state index in [0.717, 1.165) is 5.34 Å². The van der Waals surface area contributed by atoms with Crippen molar-refractivity contribution in [1.82, 2.24) is 5.34 Å². The minimum Gasteiger partial charge on any atom is -0.414 e. The van der Waals surface area contributed by atoms with Gasteiger partial charge in [-0.15, -0.1) is 16.4 Å². The summed E-state index contributed by atoms with van der Waals surface area (Å²) in [6.45, 7) is 29.4. The Morgan fingerprint density at radius 1 is 0.325 bits per heavy atom. The summed E-state index contributed by atoms with van der Waals surface area (Å²) in [5.74, 6) is -41.6. The molecular weight excluding hydrogens is 1150 g/mol. The Balaban J connectivity index is 0.000000330. The van der Waals surface area contributed by atoms with Gasteiger partial charge < -0.3 is 11.2 Å². The average molecular weight is 1210 g/mol. The molecule has 0 aliphatic heterocycles. The molecule has 6 aromatic carbocycles. The summed E-state index contributed by atoms with van der Waals surface area (Å²) in [6, 6.07) is 29.0. The smallest absolute Gasteiger partial charge is 0.414 e. The fraction of sp³-hybridized carbons (Fsp3) is 0.333. The van der Waals surface area contributed by atoms with Crippen molar-refractivity contribution in [1.29, 1.82) is 0 Å². The van der Waals surface area contributed by atoms with E-state index >= 15 is 0 Å². The molecule has 0 fully saturated rings. The molecule has 0 unspecified atom stereocenters. The van der Waals surface area contributed by atoms with E-state index in [1.807, 2.05) is 0 Å². The van der Waals surface area contributed by atoms with Gasteiger partial charge in [-0.05, 0) is 34.0 Å². The summed E-state index contributed by atoms with van der Waals surface area (Å²) >= 11 is 0. The Morgan fingerprint density at radius 3 is 0.662 bits per heavy atom. The third-order valence-electron chi connectivity index (χ3n) is 13.0. The Hall–Kier alpha value is -3.72. The van der Waals surface area contributed by atoms with Crippen LogP contribution < -0.4 is 59.0 Å². The van der Waals surface area contributed by atoms with E-state index in [0.29, 0.717) is 34.0 Å². The van der Waals surface area contributed by atoms with E-state index in [1.54, 1.807) is 31.5 Å². The average Bonchev–Trinajstić information content (AvgIpc) is 3.36. The van der Waals surface area contributed by atoms with Crippen LogP contribution in [0.25, 0.3) is 0 Å². The molecule has 0 atom stereocenters. The van der Waals surface area contributed by atoms with Crippen LogP contribution in [0, 0.1) is 87.3 Å². The predicted molar refractivity (Wildman–Crippen MR) is 285 cm³/mol. The van der Waals surface area contributed by atoms with Crippen molar-refractivity contribution in [3.05, 3.63) is 160 Å². The molecule has 6 rings (SSSR count). The zero-order chi connectivity index (χ0) is 57.3. The van der Waals surface area contributed by atoms with E-state index in [1.165, 1.54) is 0 Å². The first-order chi connectivity index (χ1) is 35.5. The molecule has 418 valence electrons. The Morgan fingerprint density at radius 2 is 0.494 bits per heavy atom. The zero-order valence-electron chi connectivity index (χ0n) is 43.9. The molecule has 0 saturated carbocycles. The molecule has 23 heteroatoms. The summed E-state index contributed by atoms with van der Waals surface area (Å²) in [5.41, 5.74) is -4.52. The minimum atomic E-state index is -5.87. The van der Waals surface area contributed by atoms with Crippen LogP contribution in [0.5, 0.6) is 0 Å². The van der Waals surface area contributed by atoms with Gasteiger partial charge in [-0.2, -0.15) is 15.6 Å². The number of hydrazine groups is 1. The van der Waals surface area contributed by atoms with Crippen molar-refractivity contribution in [3.63, 3.8) is 0 Å². The van der Waals surface area contributed by atoms with Crippen LogP contribution in [0.2, 0.25) is 0 Å². The number of benzene rings is 6. The molecule has 0 aromatic heterocycles. The monoisotopic (exact) mass is 1210 g/mol. The number of hydrogen-bond acceptors (Lipinski definition) is 2. The van der Waals surface area contributed by atoms with Crippen LogP contribution in [0.1, 0.15) is 83.1 Å². The maximum absolute atomic E-state index is 14.7. The van der Waals surface area contributed by atoms with E-state index in [4.69, 9.17) is 5.84 Å². The van der Waals surface area contributed by atoms with Gasteiger partial charge in [-0.1, -0.05) is 196 Å². The van der Waals surface area contributed by atoms with E-state index in [9.17, 15) is 65.9 Å². The first-order valence-corrected chi connectivity index (χ1v) is 30.1. The molecule has 3 N–H and O–H groups in total.